The summed E-state index contributed by atoms with van der Waals surface area (Å²) in [6, 6.07) is 3.34. The summed E-state index contributed by atoms with van der Waals surface area (Å²) >= 11 is 5.82. The van der Waals surface area contributed by atoms with Crippen molar-refractivity contribution in [2.24, 2.45) is 0 Å². The number of benzene rings is 1. The third-order valence-electron chi connectivity index (χ3n) is 2.01. The topological polar surface area (TPSA) is 55.1 Å². The summed E-state index contributed by atoms with van der Waals surface area (Å²) < 4.78 is 1.05. The van der Waals surface area contributed by atoms with E-state index in [1.165, 1.54) is 6.33 Å². The SMILES string of the molecule is Cc1cc(Cl)cc2c1ncn2C(=O)O. The van der Waals surface area contributed by atoms with Crippen LogP contribution >= 0.6 is 11.6 Å². The number of nitrogens with zero attached hydrogens (tertiary/aromatic N) is 2. The van der Waals surface area contributed by atoms with Crippen molar-refractivity contribution in [1.29, 1.82) is 0 Å². The van der Waals surface area contributed by atoms with E-state index in [9.17, 15) is 4.79 Å². The second kappa shape index (κ2) is 2.99. The van der Waals surface area contributed by atoms with Gasteiger partial charge in [-0.1, -0.05) is 11.6 Å². The zero-order valence-electron chi connectivity index (χ0n) is 7.36. The molecule has 0 saturated carbocycles. The molecular formula is C9H7ClN2O2. The van der Waals surface area contributed by atoms with Gasteiger partial charge in [0.1, 0.15) is 6.33 Å². The van der Waals surface area contributed by atoms with Gasteiger partial charge >= 0.3 is 6.09 Å². The van der Waals surface area contributed by atoms with Crippen LogP contribution in [-0.4, -0.2) is 20.8 Å². The zero-order valence-corrected chi connectivity index (χ0v) is 8.12. The van der Waals surface area contributed by atoms with E-state index in [2.05, 4.69) is 4.98 Å². The Bertz CT molecular complexity index is 519. The van der Waals surface area contributed by atoms with E-state index < -0.39 is 6.09 Å². The number of aromatic nitrogens is 2. The molecule has 1 heterocycles. The Kier molecular flexibility index (Phi) is 1.93. The summed E-state index contributed by atoms with van der Waals surface area (Å²) in [5.41, 5.74) is 2.05. The van der Waals surface area contributed by atoms with E-state index in [4.69, 9.17) is 16.7 Å². The van der Waals surface area contributed by atoms with Crippen LogP contribution in [0.25, 0.3) is 11.0 Å². The van der Waals surface area contributed by atoms with Crippen molar-refractivity contribution in [3.8, 4) is 0 Å². The summed E-state index contributed by atoms with van der Waals surface area (Å²) in [4.78, 5) is 14.8. The van der Waals surface area contributed by atoms with Crippen molar-refractivity contribution >= 4 is 28.7 Å². The molecule has 0 atom stereocenters. The molecule has 0 amide bonds. The van der Waals surface area contributed by atoms with Crippen LogP contribution in [0.4, 0.5) is 4.79 Å². The van der Waals surface area contributed by atoms with Gasteiger partial charge in [0, 0.05) is 5.02 Å². The highest BCUT2D eigenvalue weighted by Gasteiger charge is 2.10. The molecule has 1 aromatic carbocycles. The van der Waals surface area contributed by atoms with Gasteiger partial charge in [0.2, 0.25) is 0 Å². The third-order valence-corrected chi connectivity index (χ3v) is 2.23. The van der Waals surface area contributed by atoms with Crippen LogP contribution in [0.15, 0.2) is 18.5 Å². The van der Waals surface area contributed by atoms with E-state index in [1.807, 2.05) is 6.92 Å². The first-order valence-corrected chi connectivity index (χ1v) is 4.34. The Balaban J connectivity index is 2.85. The Labute approximate surface area is 84.7 Å². The molecule has 5 heteroatoms. The molecule has 0 radical (unpaired) electrons. The maximum Gasteiger partial charge on any atom is 0.417 e. The van der Waals surface area contributed by atoms with Crippen molar-refractivity contribution in [1.82, 2.24) is 9.55 Å². The largest absolute Gasteiger partial charge is 0.464 e. The number of rotatable bonds is 0. The van der Waals surface area contributed by atoms with Gasteiger partial charge in [-0.05, 0) is 24.6 Å². The molecule has 0 unspecified atom stereocenters. The Hall–Kier alpha value is -1.55. The van der Waals surface area contributed by atoms with Gasteiger partial charge in [0.15, 0.2) is 0 Å². The van der Waals surface area contributed by atoms with Gasteiger partial charge in [-0.25, -0.2) is 14.3 Å². The molecule has 0 aliphatic heterocycles. The first-order chi connectivity index (χ1) is 6.59. The quantitative estimate of drug-likeness (QED) is 0.727. The van der Waals surface area contributed by atoms with Crippen molar-refractivity contribution < 1.29 is 9.90 Å². The molecule has 0 fully saturated rings. The highest BCUT2D eigenvalue weighted by atomic mass is 35.5. The fourth-order valence-electron chi connectivity index (χ4n) is 1.40. The van der Waals surface area contributed by atoms with Gasteiger partial charge in [-0.3, -0.25) is 0 Å². The Morgan fingerprint density at radius 1 is 1.57 bits per heavy atom. The monoisotopic (exact) mass is 210 g/mol. The molecule has 2 aromatic rings. The molecule has 4 nitrogen and oxygen atoms in total. The maximum atomic E-state index is 10.8. The Morgan fingerprint density at radius 3 is 2.93 bits per heavy atom. The molecule has 0 aliphatic rings. The maximum absolute atomic E-state index is 10.8. The second-order valence-electron chi connectivity index (χ2n) is 2.99. The first-order valence-electron chi connectivity index (χ1n) is 3.96. The van der Waals surface area contributed by atoms with E-state index in [-0.39, 0.29) is 0 Å². The fraction of sp³-hybridized carbons (Fsp3) is 0.111. The van der Waals surface area contributed by atoms with Gasteiger partial charge in [0.05, 0.1) is 11.0 Å². The minimum absolute atomic E-state index is 0.512. The van der Waals surface area contributed by atoms with Crippen LogP contribution in [0.2, 0.25) is 5.02 Å². The molecule has 1 aromatic heterocycles. The van der Waals surface area contributed by atoms with Crippen molar-refractivity contribution in [2.75, 3.05) is 0 Å². The smallest absolute Gasteiger partial charge is 0.417 e. The van der Waals surface area contributed by atoms with Crippen LogP contribution in [0, 0.1) is 6.92 Å². The number of imidazole rings is 1. The molecule has 1 N–H and O–H groups in total. The van der Waals surface area contributed by atoms with Crippen molar-refractivity contribution in [2.45, 2.75) is 6.92 Å². The molecule has 0 spiro atoms. The van der Waals surface area contributed by atoms with Crippen molar-refractivity contribution in [3.05, 3.63) is 29.0 Å². The molecule has 72 valence electrons. The number of hydrogen-bond donors (Lipinski definition) is 1. The number of aryl methyl sites for hydroxylation is 1. The number of hydrogen-bond acceptors (Lipinski definition) is 2. The second-order valence-corrected chi connectivity index (χ2v) is 3.42. The standard InChI is InChI=1S/C9H7ClN2O2/c1-5-2-6(10)3-7-8(5)11-4-12(7)9(13)14/h2-4H,1H3,(H,13,14). The third kappa shape index (κ3) is 1.24. The minimum atomic E-state index is -1.06. The van der Waals surface area contributed by atoms with Crippen molar-refractivity contribution in [3.63, 3.8) is 0 Å². The van der Waals surface area contributed by atoms with E-state index in [0.717, 1.165) is 10.1 Å². The summed E-state index contributed by atoms with van der Waals surface area (Å²) in [5.74, 6) is 0. The van der Waals surface area contributed by atoms with E-state index in [1.54, 1.807) is 12.1 Å². The predicted octanol–water partition coefficient (Wildman–Crippen LogP) is 2.52. The molecule has 0 bridgehead atoms. The fourth-order valence-corrected chi connectivity index (χ4v) is 1.67. The average molecular weight is 211 g/mol. The molecule has 14 heavy (non-hydrogen) atoms. The lowest BCUT2D eigenvalue weighted by atomic mass is 10.2. The molecule has 0 saturated heterocycles. The first kappa shape index (κ1) is 9.02. The van der Waals surface area contributed by atoms with Gasteiger partial charge < -0.3 is 5.11 Å². The minimum Gasteiger partial charge on any atom is -0.464 e. The van der Waals surface area contributed by atoms with E-state index in [0.29, 0.717) is 16.1 Å². The predicted molar refractivity (Wildman–Crippen MR) is 52.9 cm³/mol. The number of carboxylic acid groups (broad SMARTS) is 1. The molecule has 2 rings (SSSR count). The van der Waals surface area contributed by atoms with Crippen LogP contribution in [0.5, 0.6) is 0 Å². The number of fused-ring (bicyclic) bond motifs is 1. The molecular weight excluding hydrogens is 204 g/mol. The zero-order chi connectivity index (χ0) is 10.3. The van der Waals surface area contributed by atoms with Gasteiger partial charge in [-0.15, -0.1) is 0 Å². The summed E-state index contributed by atoms with van der Waals surface area (Å²) in [6.07, 6.45) is 0.213. The highest BCUT2D eigenvalue weighted by Crippen LogP contribution is 2.22. The lowest BCUT2D eigenvalue weighted by Gasteiger charge is -1.98. The molecule has 0 aliphatic carbocycles. The number of halogens is 1. The van der Waals surface area contributed by atoms with Gasteiger partial charge in [0.25, 0.3) is 0 Å². The lowest BCUT2D eigenvalue weighted by molar-refractivity contribution is 0.197. The van der Waals surface area contributed by atoms with Gasteiger partial charge in [-0.2, -0.15) is 0 Å². The van der Waals surface area contributed by atoms with Crippen LogP contribution < -0.4 is 0 Å². The van der Waals surface area contributed by atoms with Crippen LogP contribution in [0.3, 0.4) is 0 Å². The Morgan fingerprint density at radius 2 is 2.29 bits per heavy atom. The normalized spacial score (nSPS) is 10.7. The summed E-state index contributed by atoms with van der Waals surface area (Å²) in [6.45, 7) is 1.84. The van der Waals surface area contributed by atoms with E-state index >= 15 is 0 Å². The summed E-state index contributed by atoms with van der Waals surface area (Å²) in [7, 11) is 0. The van der Waals surface area contributed by atoms with Crippen LogP contribution in [0.1, 0.15) is 5.56 Å². The van der Waals surface area contributed by atoms with Crippen LogP contribution in [-0.2, 0) is 0 Å². The highest BCUT2D eigenvalue weighted by molar-refractivity contribution is 6.31. The summed E-state index contributed by atoms with van der Waals surface area (Å²) in [5, 5.41) is 9.35. The number of carbonyl (C=O) groups is 1. The lowest BCUT2D eigenvalue weighted by Crippen LogP contribution is -2.05. The average Bonchev–Trinajstić information content (AvgIpc) is 2.47.